The smallest absolute Gasteiger partial charge is 0.256 e. The van der Waals surface area contributed by atoms with E-state index in [1.807, 2.05) is 104 Å². The normalized spacial score (nSPS) is 14.4. The van der Waals surface area contributed by atoms with E-state index in [1.165, 1.54) is 0 Å². The van der Waals surface area contributed by atoms with E-state index in [9.17, 15) is 9.59 Å². The Hall–Kier alpha value is -4.00. The van der Waals surface area contributed by atoms with Crippen molar-refractivity contribution in [2.24, 2.45) is 11.5 Å². The van der Waals surface area contributed by atoms with Gasteiger partial charge in [-0.25, -0.2) is 5.43 Å². The van der Waals surface area contributed by atoms with Gasteiger partial charge >= 0.3 is 0 Å². The van der Waals surface area contributed by atoms with Gasteiger partial charge in [0.25, 0.3) is 11.8 Å². The van der Waals surface area contributed by atoms with E-state index in [0.717, 1.165) is 69.0 Å². The molecule has 6 rings (SSSR count). The van der Waals surface area contributed by atoms with Gasteiger partial charge in [-0.2, -0.15) is 25.3 Å². The number of nitrogens with zero attached hydrogens (tertiary/aromatic N) is 2. The van der Waals surface area contributed by atoms with Crippen LogP contribution in [-0.2, 0) is 19.5 Å². The van der Waals surface area contributed by atoms with Gasteiger partial charge in [0.05, 0.1) is 5.69 Å². The van der Waals surface area contributed by atoms with Crippen molar-refractivity contribution in [3.8, 4) is 0 Å². The summed E-state index contributed by atoms with van der Waals surface area (Å²) in [5, 5.41) is 8.49. The third-order valence-corrected chi connectivity index (χ3v) is 9.89. The number of hydrazine groups is 1. The molecule has 2 heterocycles. The Morgan fingerprint density at radius 1 is 0.837 bits per heavy atom. The number of nitrogens with two attached hydrogens (primary N) is 2. The third-order valence-electron chi connectivity index (χ3n) is 8.95. The molecule has 11 heteroatoms. The van der Waals surface area contributed by atoms with Crippen molar-refractivity contribution in [3.63, 3.8) is 0 Å². The quantitative estimate of drug-likeness (QED) is 0.102. The first-order chi connectivity index (χ1) is 23.7. The van der Waals surface area contributed by atoms with E-state index in [4.69, 9.17) is 11.5 Å². The number of carbonyl (C=O) groups excluding carboxylic acids is 2. The summed E-state index contributed by atoms with van der Waals surface area (Å²) in [7, 11) is 0. The number of amides is 2. The van der Waals surface area contributed by atoms with Crippen molar-refractivity contribution >= 4 is 54.1 Å². The molecule has 0 aliphatic carbocycles. The highest BCUT2D eigenvalue weighted by Gasteiger charge is 2.29. The molecular weight excluding hydrogens is 651 g/mol. The lowest BCUT2D eigenvalue weighted by atomic mass is 10.0. The van der Waals surface area contributed by atoms with E-state index in [2.05, 4.69) is 46.3 Å². The Bertz CT molecular complexity index is 1750. The molecule has 7 N–H and O–H groups in total. The van der Waals surface area contributed by atoms with Crippen molar-refractivity contribution in [2.45, 2.75) is 45.4 Å². The van der Waals surface area contributed by atoms with Gasteiger partial charge in [0.1, 0.15) is 0 Å². The number of carbonyl (C=O) groups is 2. The predicted molar refractivity (Wildman–Crippen MR) is 208 cm³/mol. The highest BCUT2D eigenvalue weighted by atomic mass is 32.1. The summed E-state index contributed by atoms with van der Waals surface area (Å²) in [5.74, 6) is 1.28. The molecule has 0 saturated heterocycles. The minimum Gasteiger partial charge on any atom is -0.383 e. The van der Waals surface area contributed by atoms with Crippen LogP contribution in [0.3, 0.4) is 0 Å². The summed E-state index contributed by atoms with van der Waals surface area (Å²) in [6, 6.07) is 27.7. The minimum atomic E-state index is -0.0653. The molecule has 0 aromatic heterocycles. The SMILES string of the molecule is Cc1cccc(NC(=O)c2cccc3c2CCN3NC[C@@H](N)CS)c1C.N[C@@H](CS)CNc1cccc2c1CN(Cc1ccccc1)C2=O. The molecule has 0 saturated carbocycles. The summed E-state index contributed by atoms with van der Waals surface area (Å²) in [6.45, 7) is 7.45. The maximum absolute atomic E-state index is 12.9. The molecule has 2 aliphatic heterocycles. The van der Waals surface area contributed by atoms with Gasteiger partial charge in [0, 0.05) is 84.4 Å². The molecule has 258 valence electrons. The van der Waals surface area contributed by atoms with Crippen LogP contribution >= 0.6 is 25.3 Å². The molecule has 0 fully saturated rings. The van der Waals surface area contributed by atoms with E-state index < -0.39 is 0 Å². The average molecular weight is 698 g/mol. The number of benzene rings is 4. The summed E-state index contributed by atoms with van der Waals surface area (Å²) in [6.07, 6.45) is 0.828. The van der Waals surface area contributed by atoms with Gasteiger partial charge in [0.15, 0.2) is 0 Å². The van der Waals surface area contributed by atoms with Gasteiger partial charge in [-0.05, 0) is 72.9 Å². The van der Waals surface area contributed by atoms with Crippen LogP contribution < -0.4 is 32.5 Å². The Morgan fingerprint density at radius 3 is 2.29 bits per heavy atom. The number of aryl methyl sites for hydroxylation is 1. The zero-order valence-electron chi connectivity index (χ0n) is 28.2. The zero-order chi connectivity index (χ0) is 34.9. The second-order valence-corrected chi connectivity index (χ2v) is 13.2. The molecule has 9 nitrogen and oxygen atoms in total. The molecule has 2 atom stereocenters. The number of nitrogens with one attached hydrogen (secondary N) is 3. The maximum atomic E-state index is 12.9. The standard InChI is InChI=1S/C20H26N4OS.C18H21N3OS/c1-13-5-3-7-18(14(13)2)23-20(25)17-6-4-8-19-16(17)9-10-24(19)22-11-15(21)12-26;19-14(12-23)9-20-17-8-4-7-15-16(17)11-21(18(15)22)10-13-5-2-1-3-6-13/h3-8,15,22,26H,9-12,21H2,1-2H3,(H,23,25);1-8,14,20,23H,9-12,19H2/t15-;14-/m11/s1. The number of rotatable bonds is 12. The second-order valence-electron chi connectivity index (χ2n) is 12.5. The highest BCUT2D eigenvalue weighted by molar-refractivity contribution is 7.80. The highest BCUT2D eigenvalue weighted by Crippen LogP contribution is 2.31. The van der Waals surface area contributed by atoms with Crippen molar-refractivity contribution in [3.05, 3.63) is 124 Å². The van der Waals surface area contributed by atoms with Crippen LogP contribution in [0.5, 0.6) is 0 Å². The lowest BCUT2D eigenvalue weighted by Gasteiger charge is -2.22. The lowest BCUT2D eigenvalue weighted by molar-refractivity contribution is 0.0766. The fourth-order valence-electron chi connectivity index (χ4n) is 5.97. The second kappa shape index (κ2) is 17.1. The fraction of sp³-hybridized carbons (Fsp3) is 0.316. The Morgan fingerprint density at radius 2 is 1.53 bits per heavy atom. The summed E-state index contributed by atoms with van der Waals surface area (Å²) in [4.78, 5) is 27.4. The number of thiol groups is 2. The fourth-order valence-corrected chi connectivity index (χ4v) is 6.23. The van der Waals surface area contributed by atoms with Crippen LogP contribution in [0.2, 0.25) is 0 Å². The van der Waals surface area contributed by atoms with Gasteiger partial charge < -0.3 is 32.0 Å². The molecule has 2 aliphatic rings. The molecule has 0 unspecified atom stereocenters. The molecule has 0 bridgehead atoms. The molecular formula is C38H47N7O2S2. The number of hydrogen-bond acceptors (Lipinski definition) is 9. The summed E-state index contributed by atoms with van der Waals surface area (Å²) in [5.41, 5.74) is 25.1. The maximum Gasteiger partial charge on any atom is 0.256 e. The van der Waals surface area contributed by atoms with Gasteiger partial charge in [-0.1, -0.05) is 54.6 Å². The summed E-state index contributed by atoms with van der Waals surface area (Å²) >= 11 is 8.42. The molecule has 4 aromatic carbocycles. The molecule has 0 radical (unpaired) electrons. The monoisotopic (exact) mass is 697 g/mol. The first-order valence-corrected chi connectivity index (χ1v) is 17.9. The Labute approximate surface area is 300 Å². The van der Waals surface area contributed by atoms with Gasteiger partial charge in [-0.3, -0.25) is 9.59 Å². The lowest BCUT2D eigenvalue weighted by Crippen LogP contribution is -2.44. The van der Waals surface area contributed by atoms with Crippen molar-refractivity contribution in [1.29, 1.82) is 0 Å². The van der Waals surface area contributed by atoms with E-state index in [0.29, 0.717) is 37.7 Å². The van der Waals surface area contributed by atoms with Crippen LogP contribution in [0.25, 0.3) is 0 Å². The van der Waals surface area contributed by atoms with Crippen LogP contribution in [0.1, 0.15) is 48.5 Å². The van der Waals surface area contributed by atoms with Crippen LogP contribution in [0.15, 0.2) is 84.9 Å². The number of fused-ring (bicyclic) bond motifs is 2. The van der Waals surface area contributed by atoms with Gasteiger partial charge in [-0.15, -0.1) is 0 Å². The van der Waals surface area contributed by atoms with Crippen molar-refractivity contribution in [1.82, 2.24) is 10.3 Å². The Kier molecular flexibility index (Phi) is 12.7. The molecule has 49 heavy (non-hydrogen) atoms. The van der Waals surface area contributed by atoms with Crippen LogP contribution in [0, 0.1) is 13.8 Å². The first kappa shape index (κ1) is 36.3. The minimum absolute atomic E-state index is 0.00170. The zero-order valence-corrected chi connectivity index (χ0v) is 29.9. The van der Waals surface area contributed by atoms with E-state index >= 15 is 0 Å². The van der Waals surface area contributed by atoms with Crippen molar-refractivity contribution < 1.29 is 9.59 Å². The number of hydrogen-bond donors (Lipinski definition) is 7. The molecule has 0 spiro atoms. The first-order valence-electron chi connectivity index (χ1n) is 16.6. The Balaban J connectivity index is 0.000000192. The van der Waals surface area contributed by atoms with E-state index in [-0.39, 0.29) is 23.9 Å². The van der Waals surface area contributed by atoms with Crippen molar-refractivity contribution in [2.75, 3.05) is 46.8 Å². The summed E-state index contributed by atoms with van der Waals surface area (Å²) < 4.78 is 0. The molecule has 2 amide bonds. The van der Waals surface area contributed by atoms with E-state index in [1.54, 1.807) is 0 Å². The molecule has 4 aromatic rings. The third kappa shape index (κ3) is 8.97. The average Bonchev–Trinajstić information content (AvgIpc) is 3.69. The topological polar surface area (TPSA) is 129 Å². The predicted octanol–water partition coefficient (Wildman–Crippen LogP) is 5.19. The van der Waals surface area contributed by atoms with Crippen LogP contribution in [-0.4, -0.2) is 59.9 Å². The number of anilines is 3. The van der Waals surface area contributed by atoms with Crippen LogP contribution in [0.4, 0.5) is 17.1 Å². The largest absolute Gasteiger partial charge is 0.383 e. The van der Waals surface area contributed by atoms with Gasteiger partial charge in [0.2, 0.25) is 0 Å².